The zero-order chi connectivity index (χ0) is 10.3. The highest BCUT2D eigenvalue weighted by Crippen LogP contribution is 2.34. The van der Waals surface area contributed by atoms with Crippen molar-refractivity contribution < 1.29 is 0 Å². The van der Waals surface area contributed by atoms with Crippen LogP contribution in [0.5, 0.6) is 0 Å². The molecule has 3 rings (SSSR count). The van der Waals surface area contributed by atoms with E-state index in [1.807, 2.05) is 0 Å². The Morgan fingerprint density at radius 3 is 2.80 bits per heavy atom. The van der Waals surface area contributed by atoms with E-state index in [1.165, 1.54) is 35.2 Å². The Kier molecular flexibility index (Phi) is 2.17. The Morgan fingerprint density at radius 1 is 1.13 bits per heavy atom. The summed E-state index contributed by atoms with van der Waals surface area (Å²) in [7, 11) is 0. The minimum atomic E-state index is 1.16. The van der Waals surface area contributed by atoms with Gasteiger partial charge in [-0.25, -0.2) is 4.98 Å². The number of rotatable bonds is 1. The summed E-state index contributed by atoms with van der Waals surface area (Å²) in [6.07, 6.45) is 5.85. The first kappa shape index (κ1) is 9.22. The summed E-state index contributed by atoms with van der Waals surface area (Å²) in [6.45, 7) is 0. The number of fused-ring (bicyclic) bond motifs is 3. The molecule has 1 heterocycles. The van der Waals surface area contributed by atoms with Crippen molar-refractivity contribution in [2.45, 2.75) is 24.3 Å². The standard InChI is InChI=1S/C13H13NS/c1-15-13-11-7-4-6-9(11)10-5-2-3-8-12(10)14-13/h2-3,5,8H,4,6-7H2,1H3. The SMILES string of the molecule is CSc1nc2ccccc2c2c1CCC2. The summed E-state index contributed by atoms with van der Waals surface area (Å²) < 4.78 is 0. The van der Waals surface area contributed by atoms with E-state index in [0.29, 0.717) is 0 Å². The molecule has 76 valence electrons. The van der Waals surface area contributed by atoms with Crippen LogP contribution in [0.15, 0.2) is 29.3 Å². The average molecular weight is 215 g/mol. The van der Waals surface area contributed by atoms with Crippen molar-refractivity contribution in [3.63, 3.8) is 0 Å². The van der Waals surface area contributed by atoms with Crippen molar-refractivity contribution in [3.05, 3.63) is 35.4 Å². The molecule has 0 spiro atoms. The number of aromatic nitrogens is 1. The first-order valence-corrected chi connectivity index (χ1v) is 6.57. The third kappa shape index (κ3) is 1.36. The quantitative estimate of drug-likeness (QED) is 0.676. The summed E-state index contributed by atoms with van der Waals surface area (Å²) in [5, 5.41) is 2.60. The maximum absolute atomic E-state index is 4.73. The van der Waals surface area contributed by atoms with E-state index in [9.17, 15) is 0 Å². The third-order valence-electron chi connectivity index (χ3n) is 3.12. The second-order valence-electron chi connectivity index (χ2n) is 3.95. The Hall–Kier alpha value is -1.02. The molecule has 0 amide bonds. The van der Waals surface area contributed by atoms with Crippen LogP contribution in [0.1, 0.15) is 17.5 Å². The monoisotopic (exact) mass is 215 g/mol. The molecule has 0 saturated heterocycles. The van der Waals surface area contributed by atoms with Crippen molar-refractivity contribution in [1.29, 1.82) is 0 Å². The number of para-hydroxylation sites is 1. The van der Waals surface area contributed by atoms with Gasteiger partial charge < -0.3 is 0 Å². The van der Waals surface area contributed by atoms with Crippen LogP contribution >= 0.6 is 11.8 Å². The van der Waals surface area contributed by atoms with Crippen LogP contribution in [0.2, 0.25) is 0 Å². The molecule has 0 saturated carbocycles. The van der Waals surface area contributed by atoms with Crippen LogP contribution in [-0.4, -0.2) is 11.2 Å². The van der Waals surface area contributed by atoms with Gasteiger partial charge in [0, 0.05) is 5.39 Å². The van der Waals surface area contributed by atoms with Gasteiger partial charge in [0.15, 0.2) is 0 Å². The molecular weight excluding hydrogens is 202 g/mol. The summed E-state index contributed by atoms with van der Waals surface area (Å²) in [5.74, 6) is 0. The molecule has 1 aromatic carbocycles. The highest BCUT2D eigenvalue weighted by Gasteiger charge is 2.18. The molecular formula is C13H13NS. The molecule has 0 fully saturated rings. The molecule has 15 heavy (non-hydrogen) atoms. The van der Waals surface area contributed by atoms with Gasteiger partial charge >= 0.3 is 0 Å². The highest BCUT2D eigenvalue weighted by atomic mass is 32.2. The first-order chi connectivity index (χ1) is 7.40. The zero-order valence-electron chi connectivity index (χ0n) is 8.79. The number of hydrogen-bond acceptors (Lipinski definition) is 2. The van der Waals surface area contributed by atoms with Gasteiger partial charge in [0.05, 0.1) is 10.5 Å². The molecule has 0 bridgehead atoms. The summed E-state index contributed by atoms with van der Waals surface area (Å²) >= 11 is 1.78. The highest BCUT2D eigenvalue weighted by molar-refractivity contribution is 7.98. The third-order valence-corrected chi connectivity index (χ3v) is 3.84. The van der Waals surface area contributed by atoms with E-state index in [4.69, 9.17) is 4.98 Å². The second kappa shape index (κ2) is 3.53. The Labute approximate surface area is 93.9 Å². The number of thioether (sulfide) groups is 1. The summed E-state index contributed by atoms with van der Waals surface area (Å²) in [4.78, 5) is 4.73. The molecule has 0 atom stereocenters. The zero-order valence-corrected chi connectivity index (χ0v) is 9.60. The van der Waals surface area contributed by atoms with Gasteiger partial charge in [-0.2, -0.15) is 0 Å². The summed E-state index contributed by atoms with van der Waals surface area (Å²) in [6, 6.07) is 8.51. The van der Waals surface area contributed by atoms with E-state index in [1.54, 1.807) is 17.3 Å². The van der Waals surface area contributed by atoms with E-state index < -0.39 is 0 Å². The van der Waals surface area contributed by atoms with Gasteiger partial charge in [-0.05, 0) is 42.7 Å². The van der Waals surface area contributed by atoms with Crippen molar-refractivity contribution in [3.8, 4) is 0 Å². The largest absolute Gasteiger partial charge is 0.241 e. The van der Waals surface area contributed by atoms with Crippen LogP contribution in [-0.2, 0) is 12.8 Å². The molecule has 1 aromatic heterocycles. The van der Waals surface area contributed by atoms with Gasteiger partial charge in [-0.1, -0.05) is 18.2 Å². The van der Waals surface area contributed by atoms with Crippen LogP contribution in [0, 0.1) is 0 Å². The van der Waals surface area contributed by atoms with Gasteiger partial charge in [0.2, 0.25) is 0 Å². The lowest BCUT2D eigenvalue weighted by atomic mass is 10.1. The molecule has 1 nitrogen and oxygen atoms in total. The fourth-order valence-electron chi connectivity index (χ4n) is 2.45. The lowest BCUT2D eigenvalue weighted by Gasteiger charge is -2.08. The fourth-order valence-corrected chi connectivity index (χ4v) is 3.11. The summed E-state index contributed by atoms with van der Waals surface area (Å²) in [5.41, 5.74) is 4.20. The minimum absolute atomic E-state index is 1.16. The Morgan fingerprint density at radius 2 is 1.93 bits per heavy atom. The molecule has 0 N–H and O–H groups in total. The van der Waals surface area contributed by atoms with Crippen LogP contribution in [0.25, 0.3) is 10.9 Å². The van der Waals surface area contributed by atoms with Crippen LogP contribution in [0.3, 0.4) is 0 Å². The average Bonchev–Trinajstić information content (AvgIpc) is 2.77. The van der Waals surface area contributed by atoms with Gasteiger partial charge in [-0.3, -0.25) is 0 Å². The smallest absolute Gasteiger partial charge is 0.0999 e. The molecule has 0 radical (unpaired) electrons. The van der Waals surface area contributed by atoms with E-state index in [-0.39, 0.29) is 0 Å². The van der Waals surface area contributed by atoms with Gasteiger partial charge in [0.1, 0.15) is 0 Å². The van der Waals surface area contributed by atoms with E-state index in [2.05, 4.69) is 30.5 Å². The lowest BCUT2D eigenvalue weighted by molar-refractivity contribution is 0.901. The predicted octanol–water partition coefficient (Wildman–Crippen LogP) is 3.45. The van der Waals surface area contributed by atoms with Crippen LogP contribution < -0.4 is 0 Å². The van der Waals surface area contributed by atoms with Gasteiger partial charge in [0.25, 0.3) is 0 Å². The molecule has 2 aromatic rings. The minimum Gasteiger partial charge on any atom is -0.241 e. The maximum Gasteiger partial charge on any atom is 0.0999 e. The number of benzene rings is 1. The fraction of sp³-hybridized carbons (Fsp3) is 0.308. The van der Waals surface area contributed by atoms with Crippen molar-refractivity contribution in [2.24, 2.45) is 0 Å². The molecule has 0 unspecified atom stereocenters. The van der Waals surface area contributed by atoms with Gasteiger partial charge in [-0.15, -0.1) is 11.8 Å². The van der Waals surface area contributed by atoms with Crippen molar-refractivity contribution >= 4 is 22.7 Å². The predicted molar refractivity (Wildman–Crippen MR) is 65.5 cm³/mol. The van der Waals surface area contributed by atoms with Crippen molar-refractivity contribution in [1.82, 2.24) is 4.98 Å². The second-order valence-corrected chi connectivity index (χ2v) is 4.74. The van der Waals surface area contributed by atoms with E-state index >= 15 is 0 Å². The normalized spacial score (nSPS) is 14.5. The number of hydrogen-bond donors (Lipinski definition) is 0. The molecule has 2 heteroatoms. The van der Waals surface area contributed by atoms with Crippen LogP contribution in [0.4, 0.5) is 0 Å². The lowest BCUT2D eigenvalue weighted by Crippen LogP contribution is -1.93. The number of nitrogens with zero attached hydrogens (tertiary/aromatic N) is 1. The van der Waals surface area contributed by atoms with E-state index in [0.717, 1.165) is 5.52 Å². The molecule has 1 aliphatic carbocycles. The number of pyridine rings is 1. The Balaban J connectivity index is 2.40. The maximum atomic E-state index is 4.73. The topological polar surface area (TPSA) is 12.9 Å². The first-order valence-electron chi connectivity index (χ1n) is 5.34. The molecule has 0 aliphatic heterocycles. The number of aryl methyl sites for hydroxylation is 1. The molecule has 1 aliphatic rings. The van der Waals surface area contributed by atoms with Crippen molar-refractivity contribution in [2.75, 3.05) is 6.26 Å². The Bertz CT molecular complexity index is 519.